The van der Waals surface area contributed by atoms with E-state index < -0.39 is 0 Å². The summed E-state index contributed by atoms with van der Waals surface area (Å²) in [5.74, 6) is -0.210. The van der Waals surface area contributed by atoms with Crippen molar-refractivity contribution in [3.8, 4) is 0 Å². The molecule has 3 rings (SSSR count). The van der Waals surface area contributed by atoms with E-state index in [0.717, 1.165) is 24.8 Å². The number of rotatable bonds is 2. The Labute approximate surface area is 124 Å². The number of ether oxygens (including phenoxy) is 1. The van der Waals surface area contributed by atoms with Crippen LogP contribution in [0.2, 0.25) is 0 Å². The minimum absolute atomic E-state index is 0.0204. The van der Waals surface area contributed by atoms with E-state index in [1.54, 1.807) is 6.07 Å². The van der Waals surface area contributed by atoms with Crippen molar-refractivity contribution in [3.63, 3.8) is 0 Å². The van der Waals surface area contributed by atoms with Gasteiger partial charge in [-0.1, -0.05) is 18.6 Å². The molecule has 1 aliphatic heterocycles. The van der Waals surface area contributed by atoms with E-state index in [1.165, 1.54) is 12.1 Å². The van der Waals surface area contributed by atoms with E-state index in [-0.39, 0.29) is 29.8 Å². The maximum atomic E-state index is 13.3. The van der Waals surface area contributed by atoms with Crippen LogP contribution in [0.4, 0.5) is 4.39 Å². The lowest BCUT2D eigenvalue weighted by molar-refractivity contribution is -0.143. The molecule has 1 saturated heterocycles. The van der Waals surface area contributed by atoms with Gasteiger partial charge < -0.3 is 15.4 Å². The molecular formula is C16H21FN2O2. The number of carbonyl (C=O) groups excluding carboxylic acids is 1. The smallest absolute Gasteiger partial charge is 0.227 e. The third-order valence-corrected chi connectivity index (χ3v) is 4.49. The molecule has 2 N–H and O–H groups in total. The van der Waals surface area contributed by atoms with Crippen LogP contribution in [0.5, 0.6) is 0 Å². The highest BCUT2D eigenvalue weighted by Gasteiger charge is 2.35. The number of morpholine rings is 1. The molecule has 0 aromatic heterocycles. The zero-order chi connectivity index (χ0) is 14.8. The lowest BCUT2D eigenvalue weighted by Gasteiger charge is -2.35. The maximum absolute atomic E-state index is 13.3. The van der Waals surface area contributed by atoms with E-state index in [1.807, 2.05) is 11.0 Å². The zero-order valence-electron chi connectivity index (χ0n) is 12.0. The van der Waals surface area contributed by atoms with Gasteiger partial charge in [0.25, 0.3) is 0 Å². The summed E-state index contributed by atoms with van der Waals surface area (Å²) in [6, 6.07) is 6.37. The van der Waals surface area contributed by atoms with Crippen LogP contribution in [0.15, 0.2) is 24.3 Å². The van der Waals surface area contributed by atoms with Crippen LogP contribution in [0.3, 0.4) is 0 Å². The molecule has 3 atom stereocenters. The van der Waals surface area contributed by atoms with Gasteiger partial charge in [0.05, 0.1) is 19.1 Å². The average Bonchev–Trinajstić information content (AvgIpc) is 2.93. The molecule has 2 fully saturated rings. The predicted molar refractivity (Wildman–Crippen MR) is 77.0 cm³/mol. The molecule has 114 valence electrons. The van der Waals surface area contributed by atoms with Crippen LogP contribution in [-0.2, 0) is 9.53 Å². The molecule has 1 heterocycles. The first-order valence-electron chi connectivity index (χ1n) is 7.56. The number of carbonyl (C=O) groups is 1. The molecule has 2 aliphatic rings. The Morgan fingerprint density at radius 1 is 1.38 bits per heavy atom. The standard InChI is InChI=1S/C16H21FN2O2/c17-12-4-1-3-11(9-12)15-10-19(7-8-21-15)16(20)13-5-2-6-14(13)18/h1,3-4,9,13-15H,2,5-8,10,18H2/t13-,14+,15+/m0/s1. The quantitative estimate of drug-likeness (QED) is 0.905. The summed E-state index contributed by atoms with van der Waals surface area (Å²) >= 11 is 0. The molecule has 1 aliphatic carbocycles. The highest BCUT2D eigenvalue weighted by molar-refractivity contribution is 5.80. The highest BCUT2D eigenvalue weighted by atomic mass is 19.1. The number of nitrogens with zero attached hydrogens (tertiary/aromatic N) is 1. The van der Waals surface area contributed by atoms with Gasteiger partial charge in [-0.3, -0.25) is 4.79 Å². The lowest BCUT2D eigenvalue weighted by atomic mass is 10.0. The van der Waals surface area contributed by atoms with Crippen molar-refractivity contribution in [2.45, 2.75) is 31.4 Å². The summed E-state index contributed by atoms with van der Waals surface area (Å²) in [7, 11) is 0. The van der Waals surface area contributed by atoms with Gasteiger partial charge in [0.1, 0.15) is 11.9 Å². The summed E-state index contributed by atoms with van der Waals surface area (Å²) < 4.78 is 19.0. The van der Waals surface area contributed by atoms with Crippen molar-refractivity contribution in [2.75, 3.05) is 19.7 Å². The van der Waals surface area contributed by atoms with Crippen molar-refractivity contribution in [1.29, 1.82) is 0 Å². The summed E-state index contributed by atoms with van der Waals surface area (Å²) in [5, 5.41) is 0. The Balaban J connectivity index is 1.69. The van der Waals surface area contributed by atoms with Gasteiger partial charge in [0.15, 0.2) is 0 Å². The van der Waals surface area contributed by atoms with Crippen LogP contribution in [-0.4, -0.2) is 36.5 Å². The van der Waals surface area contributed by atoms with Crippen LogP contribution < -0.4 is 5.73 Å². The summed E-state index contributed by atoms with van der Waals surface area (Å²) in [5.41, 5.74) is 6.80. The first kappa shape index (κ1) is 14.5. The van der Waals surface area contributed by atoms with E-state index in [9.17, 15) is 9.18 Å². The van der Waals surface area contributed by atoms with Gasteiger partial charge in [0, 0.05) is 12.6 Å². The highest BCUT2D eigenvalue weighted by Crippen LogP contribution is 2.29. The van der Waals surface area contributed by atoms with Gasteiger partial charge in [-0.2, -0.15) is 0 Å². The monoisotopic (exact) mass is 292 g/mol. The number of hydrogen-bond acceptors (Lipinski definition) is 3. The number of halogens is 1. The van der Waals surface area contributed by atoms with E-state index in [4.69, 9.17) is 10.5 Å². The van der Waals surface area contributed by atoms with Crippen molar-refractivity contribution in [2.24, 2.45) is 11.7 Å². The molecule has 0 radical (unpaired) electrons. The molecule has 0 bridgehead atoms. The lowest BCUT2D eigenvalue weighted by Crippen LogP contribution is -2.47. The number of hydrogen-bond donors (Lipinski definition) is 1. The SMILES string of the molecule is N[C@@H]1CCC[C@@H]1C(=O)N1CCO[C@@H](c2cccc(F)c2)C1. The minimum Gasteiger partial charge on any atom is -0.370 e. The summed E-state index contributed by atoms with van der Waals surface area (Å²) in [6.45, 7) is 1.55. The van der Waals surface area contributed by atoms with E-state index >= 15 is 0 Å². The molecular weight excluding hydrogens is 271 g/mol. The Morgan fingerprint density at radius 3 is 2.95 bits per heavy atom. The van der Waals surface area contributed by atoms with Gasteiger partial charge in [-0.05, 0) is 30.5 Å². The molecule has 1 amide bonds. The second-order valence-electron chi connectivity index (χ2n) is 5.90. The van der Waals surface area contributed by atoms with Crippen LogP contribution in [0.1, 0.15) is 30.9 Å². The zero-order valence-corrected chi connectivity index (χ0v) is 12.0. The fourth-order valence-electron chi connectivity index (χ4n) is 3.29. The van der Waals surface area contributed by atoms with Gasteiger partial charge in [-0.25, -0.2) is 4.39 Å². The number of nitrogens with two attached hydrogens (primary N) is 1. The van der Waals surface area contributed by atoms with E-state index in [2.05, 4.69) is 0 Å². The maximum Gasteiger partial charge on any atom is 0.227 e. The Bertz CT molecular complexity index is 523. The third kappa shape index (κ3) is 3.09. The molecule has 1 aromatic carbocycles. The fourth-order valence-corrected chi connectivity index (χ4v) is 3.29. The first-order chi connectivity index (χ1) is 10.1. The average molecular weight is 292 g/mol. The second kappa shape index (κ2) is 6.12. The molecule has 0 spiro atoms. The second-order valence-corrected chi connectivity index (χ2v) is 5.90. The van der Waals surface area contributed by atoms with Crippen molar-refractivity contribution < 1.29 is 13.9 Å². The van der Waals surface area contributed by atoms with Crippen LogP contribution in [0.25, 0.3) is 0 Å². The normalized spacial score (nSPS) is 29.6. The Hall–Kier alpha value is -1.46. The van der Waals surface area contributed by atoms with Gasteiger partial charge in [-0.15, -0.1) is 0 Å². The van der Waals surface area contributed by atoms with Crippen LogP contribution in [0, 0.1) is 11.7 Å². The summed E-state index contributed by atoms with van der Waals surface area (Å²) in [4.78, 5) is 14.4. The molecule has 4 nitrogen and oxygen atoms in total. The largest absolute Gasteiger partial charge is 0.370 e. The van der Waals surface area contributed by atoms with Crippen LogP contribution >= 0.6 is 0 Å². The van der Waals surface area contributed by atoms with Gasteiger partial charge in [0.2, 0.25) is 5.91 Å². The van der Waals surface area contributed by atoms with Crippen molar-refractivity contribution in [3.05, 3.63) is 35.6 Å². The molecule has 5 heteroatoms. The molecule has 21 heavy (non-hydrogen) atoms. The van der Waals surface area contributed by atoms with Gasteiger partial charge >= 0.3 is 0 Å². The fraction of sp³-hybridized carbons (Fsp3) is 0.562. The number of benzene rings is 1. The molecule has 0 unspecified atom stereocenters. The molecule has 1 saturated carbocycles. The third-order valence-electron chi connectivity index (χ3n) is 4.49. The van der Waals surface area contributed by atoms with Crippen molar-refractivity contribution in [1.82, 2.24) is 4.90 Å². The Morgan fingerprint density at radius 2 is 2.24 bits per heavy atom. The summed E-state index contributed by atoms with van der Waals surface area (Å²) in [6.07, 6.45) is 2.57. The Kier molecular flexibility index (Phi) is 4.22. The first-order valence-corrected chi connectivity index (χ1v) is 7.56. The molecule has 1 aromatic rings. The van der Waals surface area contributed by atoms with Crippen molar-refractivity contribution >= 4 is 5.91 Å². The predicted octanol–water partition coefficient (Wildman–Crippen LogP) is 1.85. The minimum atomic E-state index is -0.280. The topological polar surface area (TPSA) is 55.6 Å². The number of amides is 1. The van der Waals surface area contributed by atoms with E-state index in [0.29, 0.717) is 19.7 Å².